The highest BCUT2D eigenvalue weighted by Gasteiger charge is 2.34. The average molecular weight is 389 g/mol. The smallest absolute Gasteiger partial charge is 0.418 e. The highest BCUT2D eigenvalue weighted by Crippen LogP contribution is 2.34. The zero-order chi connectivity index (χ0) is 20.3. The lowest BCUT2D eigenvalue weighted by Gasteiger charge is -2.17. The molecule has 144 valence electrons. The molecule has 1 aromatic heterocycles. The Labute approximate surface area is 157 Å². The van der Waals surface area contributed by atoms with Crippen molar-refractivity contribution in [1.82, 2.24) is 9.97 Å². The molecule has 0 aliphatic rings. The number of rotatable bonds is 4. The number of fused-ring (bicyclic) bond motifs is 1. The van der Waals surface area contributed by atoms with E-state index >= 15 is 0 Å². The van der Waals surface area contributed by atoms with Crippen molar-refractivity contribution >= 4 is 28.6 Å². The Morgan fingerprint density at radius 2 is 1.71 bits per heavy atom. The standard InChI is InChI=1S/C19H14F3N3O3/c1-11(17(26)25-14-5-3-2-4-13(14)19(20,21)22)28-18(27)12-6-7-15-16(10-12)24-9-8-23-15/h2-11H,1H3,(H,25,26)/t11-/m0/s1. The van der Waals surface area contributed by atoms with Gasteiger partial charge in [0.2, 0.25) is 0 Å². The molecule has 0 unspecified atom stereocenters. The molecule has 1 atom stereocenters. The summed E-state index contributed by atoms with van der Waals surface area (Å²) < 4.78 is 44.1. The van der Waals surface area contributed by atoms with Crippen LogP contribution in [0.3, 0.4) is 0 Å². The number of aromatic nitrogens is 2. The summed E-state index contributed by atoms with van der Waals surface area (Å²) in [4.78, 5) is 32.6. The number of anilines is 1. The summed E-state index contributed by atoms with van der Waals surface area (Å²) in [6, 6.07) is 9.03. The van der Waals surface area contributed by atoms with Crippen LogP contribution in [-0.2, 0) is 15.7 Å². The first-order valence-electron chi connectivity index (χ1n) is 8.14. The molecule has 6 nitrogen and oxygen atoms in total. The zero-order valence-corrected chi connectivity index (χ0v) is 14.5. The minimum atomic E-state index is -4.63. The van der Waals surface area contributed by atoms with E-state index in [2.05, 4.69) is 15.3 Å². The van der Waals surface area contributed by atoms with Gasteiger partial charge in [-0.3, -0.25) is 14.8 Å². The third-order valence-corrected chi connectivity index (χ3v) is 3.85. The van der Waals surface area contributed by atoms with Gasteiger partial charge in [-0.2, -0.15) is 13.2 Å². The van der Waals surface area contributed by atoms with E-state index in [0.717, 1.165) is 12.1 Å². The number of para-hydroxylation sites is 1. The van der Waals surface area contributed by atoms with Gasteiger partial charge in [0.05, 0.1) is 27.8 Å². The van der Waals surface area contributed by atoms with Crippen LogP contribution >= 0.6 is 0 Å². The van der Waals surface area contributed by atoms with E-state index in [-0.39, 0.29) is 5.56 Å². The Morgan fingerprint density at radius 1 is 1.04 bits per heavy atom. The van der Waals surface area contributed by atoms with Crippen LogP contribution in [0.1, 0.15) is 22.8 Å². The van der Waals surface area contributed by atoms with E-state index < -0.39 is 35.4 Å². The number of benzene rings is 2. The van der Waals surface area contributed by atoms with Gasteiger partial charge in [0.1, 0.15) is 0 Å². The van der Waals surface area contributed by atoms with Crippen molar-refractivity contribution < 1.29 is 27.5 Å². The zero-order valence-electron chi connectivity index (χ0n) is 14.5. The summed E-state index contributed by atoms with van der Waals surface area (Å²) >= 11 is 0. The largest absolute Gasteiger partial charge is 0.449 e. The van der Waals surface area contributed by atoms with Gasteiger partial charge in [0.25, 0.3) is 5.91 Å². The monoisotopic (exact) mass is 389 g/mol. The SMILES string of the molecule is C[C@H](OC(=O)c1ccc2nccnc2c1)C(=O)Nc1ccccc1C(F)(F)F. The first-order chi connectivity index (χ1) is 13.3. The molecule has 0 bridgehead atoms. The Morgan fingerprint density at radius 3 is 2.43 bits per heavy atom. The molecule has 3 rings (SSSR count). The van der Waals surface area contributed by atoms with E-state index in [0.29, 0.717) is 11.0 Å². The lowest BCUT2D eigenvalue weighted by Crippen LogP contribution is -2.30. The number of hydrogen-bond donors (Lipinski definition) is 1. The van der Waals surface area contributed by atoms with Gasteiger partial charge in [-0.1, -0.05) is 12.1 Å². The quantitative estimate of drug-likeness (QED) is 0.686. The average Bonchev–Trinajstić information content (AvgIpc) is 2.67. The number of amides is 1. The molecular formula is C19H14F3N3O3. The normalized spacial score (nSPS) is 12.4. The number of esters is 1. The minimum absolute atomic E-state index is 0.142. The molecule has 2 aromatic carbocycles. The van der Waals surface area contributed by atoms with E-state index in [4.69, 9.17) is 4.74 Å². The molecule has 1 heterocycles. The van der Waals surface area contributed by atoms with Gasteiger partial charge < -0.3 is 10.1 Å². The number of ether oxygens (including phenoxy) is 1. The Hall–Kier alpha value is -3.49. The summed E-state index contributed by atoms with van der Waals surface area (Å²) in [5.74, 6) is -1.69. The van der Waals surface area contributed by atoms with Crippen LogP contribution in [0.25, 0.3) is 11.0 Å². The molecule has 0 radical (unpaired) electrons. The number of nitrogens with zero attached hydrogens (tertiary/aromatic N) is 2. The van der Waals surface area contributed by atoms with Crippen molar-refractivity contribution in [2.45, 2.75) is 19.2 Å². The van der Waals surface area contributed by atoms with Crippen molar-refractivity contribution in [2.75, 3.05) is 5.32 Å². The molecule has 0 saturated carbocycles. The maximum absolute atomic E-state index is 13.0. The third kappa shape index (κ3) is 4.25. The number of carbonyl (C=O) groups is 2. The first kappa shape index (κ1) is 19.3. The summed E-state index contributed by atoms with van der Waals surface area (Å²) in [6.45, 7) is 1.27. The molecule has 1 N–H and O–H groups in total. The van der Waals surface area contributed by atoms with Crippen molar-refractivity contribution in [3.63, 3.8) is 0 Å². The predicted molar refractivity (Wildman–Crippen MR) is 94.5 cm³/mol. The maximum atomic E-state index is 13.0. The summed E-state index contributed by atoms with van der Waals surface area (Å²) in [5.41, 5.74) is -0.219. The third-order valence-electron chi connectivity index (χ3n) is 3.85. The Kier molecular flexibility index (Phi) is 5.25. The van der Waals surface area contributed by atoms with Crippen molar-refractivity contribution in [2.24, 2.45) is 0 Å². The summed E-state index contributed by atoms with van der Waals surface area (Å²) in [6.07, 6.45) is -2.97. The van der Waals surface area contributed by atoms with Crippen LogP contribution in [-0.4, -0.2) is 27.9 Å². The highest BCUT2D eigenvalue weighted by atomic mass is 19.4. The molecule has 9 heteroatoms. The minimum Gasteiger partial charge on any atom is -0.449 e. The molecule has 0 saturated heterocycles. The van der Waals surface area contributed by atoms with Crippen LogP contribution in [0.2, 0.25) is 0 Å². The lowest BCUT2D eigenvalue weighted by atomic mass is 10.1. The topological polar surface area (TPSA) is 81.2 Å². The van der Waals surface area contributed by atoms with Gasteiger partial charge in [-0.15, -0.1) is 0 Å². The van der Waals surface area contributed by atoms with Crippen molar-refractivity contribution in [3.05, 3.63) is 66.0 Å². The second-order valence-corrected chi connectivity index (χ2v) is 5.84. The van der Waals surface area contributed by atoms with E-state index in [9.17, 15) is 22.8 Å². The van der Waals surface area contributed by atoms with E-state index in [1.54, 1.807) is 6.07 Å². The second-order valence-electron chi connectivity index (χ2n) is 5.84. The number of carbonyl (C=O) groups excluding carboxylic acids is 2. The van der Waals surface area contributed by atoms with Gasteiger partial charge in [-0.25, -0.2) is 4.79 Å². The van der Waals surface area contributed by atoms with Crippen molar-refractivity contribution in [1.29, 1.82) is 0 Å². The van der Waals surface area contributed by atoms with E-state index in [1.807, 2.05) is 0 Å². The fourth-order valence-electron chi connectivity index (χ4n) is 2.45. The van der Waals surface area contributed by atoms with Crippen molar-refractivity contribution in [3.8, 4) is 0 Å². The second kappa shape index (κ2) is 7.63. The number of hydrogen-bond acceptors (Lipinski definition) is 5. The lowest BCUT2D eigenvalue weighted by molar-refractivity contribution is -0.137. The maximum Gasteiger partial charge on any atom is 0.418 e. The van der Waals surface area contributed by atoms with Crippen LogP contribution < -0.4 is 5.32 Å². The predicted octanol–water partition coefficient (Wildman–Crippen LogP) is 3.83. The fraction of sp³-hybridized carbons (Fsp3) is 0.158. The van der Waals surface area contributed by atoms with Crippen LogP contribution in [0.15, 0.2) is 54.9 Å². The number of nitrogens with one attached hydrogen (secondary N) is 1. The molecule has 0 spiro atoms. The van der Waals surface area contributed by atoms with Gasteiger partial charge in [0, 0.05) is 12.4 Å². The molecule has 0 fully saturated rings. The van der Waals surface area contributed by atoms with Crippen LogP contribution in [0.4, 0.5) is 18.9 Å². The fourth-order valence-corrected chi connectivity index (χ4v) is 2.45. The molecule has 28 heavy (non-hydrogen) atoms. The molecular weight excluding hydrogens is 375 g/mol. The molecule has 0 aliphatic heterocycles. The van der Waals surface area contributed by atoms with Gasteiger partial charge >= 0.3 is 12.1 Å². The Bertz CT molecular complexity index is 1040. The summed E-state index contributed by atoms with van der Waals surface area (Å²) in [5, 5.41) is 2.14. The molecule has 3 aromatic rings. The van der Waals surface area contributed by atoms with E-state index in [1.165, 1.54) is 43.6 Å². The molecule has 0 aliphatic carbocycles. The van der Waals surface area contributed by atoms with Crippen LogP contribution in [0.5, 0.6) is 0 Å². The number of halogens is 3. The Balaban J connectivity index is 1.71. The van der Waals surface area contributed by atoms with Gasteiger partial charge in [-0.05, 0) is 37.3 Å². The van der Waals surface area contributed by atoms with Crippen LogP contribution in [0, 0.1) is 0 Å². The summed E-state index contributed by atoms with van der Waals surface area (Å²) in [7, 11) is 0. The van der Waals surface area contributed by atoms with Gasteiger partial charge in [0.15, 0.2) is 6.10 Å². The number of alkyl halides is 3. The molecule has 1 amide bonds. The highest BCUT2D eigenvalue weighted by molar-refractivity contribution is 5.98. The first-order valence-corrected chi connectivity index (χ1v) is 8.14.